The lowest BCUT2D eigenvalue weighted by atomic mass is 10.4. The number of hydrogen-bond donors (Lipinski definition) is 2. The van der Waals surface area contributed by atoms with Crippen molar-refractivity contribution in [3.63, 3.8) is 0 Å². The first-order valence-electron chi connectivity index (χ1n) is 3.33. The second-order valence-corrected chi connectivity index (χ2v) is 2.62. The molecule has 1 aromatic rings. The number of thiophene rings is 1. The molecule has 4 nitrogen and oxygen atoms in total. The number of hydrogen-bond acceptors (Lipinski definition) is 4. The standard InChI is InChI=1S/C5H6OS.C3H4O3/c6-3-5-1-2-7-4-5;1-2-6-3(4)5/h1-2,4,6H,3H2;2H,1H2,(H,4,5). The third-order valence-electron chi connectivity index (χ3n) is 0.947. The van der Waals surface area contributed by atoms with E-state index in [1.807, 2.05) is 16.8 Å². The zero-order chi connectivity index (χ0) is 10.1. The van der Waals surface area contributed by atoms with E-state index in [9.17, 15) is 4.79 Å². The van der Waals surface area contributed by atoms with E-state index in [4.69, 9.17) is 10.2 Å². The molecular formula is C8H10O4S. The summed E-state index contributed by atoms with van der Waals surface area (Å²) in [5.74, 6) is 0. The summed E-state index contributed by atoms with van der Waals surface area (Å²) in [6, 6.07) is 1.91. The molecule has 0 spiro atoms. The van der Waals surface area contributed by atoms with Crippen LogP contribution in [-0.4, -0.2) is 16.4 Å². The lowest BCUT2D eigenvalue weighted by Crippen LogP contribution is -1.89. The molecule has 2 N–H and O–H groups in total. The topological polar surface area (TPSA) is 66.8 Å². The highest BCUT2D eigenvalue weighted by Crippen LogP contribution is 2.03. The summed E-state index contributed by atoms with van der Waals surface area (Å²) in [7, 11) is 0. The maximum absolute atomic E-state index is 9.31. The molecule has 0 amide bonds. The molecule has 13 heavy (non-hydrogen) atoms. The van der Waals surface area contributed by atoms with Crippen LogP contribution < -0.4 is 0 Å². The van der Waals surface area contributed by atoms with Crippen molar-refractivity contribution in [2.45, 2.75) is 6.61 Å². The van der Waals surface area contributed by atoms with Crippen LogP contribution in [-0.2, 0) is 11.3 Å². The molecule has 0 aliphatic heterocycles. The van der Waals surface area contributed by atoms with Crippen LogP contribution in [0.3, 0.4) is 0 Å². The number of aliphatic hydroxyl groups is 1. The van der Waals surface area contributed by atoms with Gasteiger partial charge in [-0.3, -0.25) is 0 Å². The Bertz CT molecular complexity index is 243. The van der Waals surface area contributed by atoms with Crippen molar-refractivity contribution in [1.82, 2.24) is 0 Å². The van der Waals surface area contributed by atoms with Gasteiger partial charge in [0.25, 0.3) is 0 Å². The fourth-order valence-electron chi connectivity index (χ4n) is 0.454. The van der Waals surface area contributed by atoms with Crippen LogP contribution in [0.5, 0.6) is 0 Å². The molecule has 0 aromatic carbocycles. The highest BCUT2D eigenvalue weighted by molar-refractivity contribution is 7.07. The summed E-state index contributed by atoms with van der Waals surface area (Å²) >= 11 is 1.60. The van der Waals surface area contributed by atoms with Crippen LogP contribution in [0.4, 0.5) is 4.79 Å². The van der Waals surface area contributed by atoms with Gasteiger partial charge in [-0.05, 0) is 22.4 Å². The number of ether oxygens (including phenoxy) is 1. The molecule has 0 radical (unpaired) electrons. The zero-order valence-corrected chi connectivity index (χ0v) is 7.66. The number of carboxylic acid groups (broad SMARTS) is 1. The molecule has 0 aliphatic rings. The fourth-order valence-corrected chi connectivity index (χ4v) is 1.11. The first-order chi connectivity index (χ1) is 6.20. The monoisotopic (exact) mass is 202 g/mol. The minimum atomic E-state index is -1.33. The van der Waals surface area contributed by atoms with Crippen molar-refractivity contribution >= 4 is 17.5 Å². The second-order valence-electron chi connectivity index (χ2n) is 1.84. The van der Waals surface area contributed by atoms with Crippen molar-refractivity contribution < 1.29 is 19.7 Å². The highest BCUT2D eigenvalue weighted by Gasteiger charge is 1.84. The molecule has 0 aliphatic carbocycles. The normalized spacial score (nSPS) is 8.08. The molecule has 0 bridgehead atoms. The van der Waals surface area contributed by atoms with Crippen molar-refractivity contribution in [1.29, 1.82) is 0 Å². The molecule has 0 saturated heterocycles. The van der Waals surface area contributed by atoms with E-state index in [-0.39, 0.29) is 6.61 Å². The van der Waals surface area contributed by atoms with Crippen LogP contribution in [0.2, 0.25) is 0 Å². The molecule has 0 fully saturated rings. The summed E-state index contributed by atoms with van der Waals surface area (Å²) < 4.78 is 3.72. The second kappa shape index (κ2) is 7.33. The Labute approximate surface area is 79.7 Å². The minimum absolute atomic E-state index is 0.170. The van der Waals surface area contributed by atoms with Crippen molar-refractivity contribution in [3.05, 3.63) is 35.2 Å². The molecule has 1 rings (SSSR count). The van der Waals surface area contributed by atoms with E-state index in [0.717, 1.165) is 11.8 Å². The smallest absolute Gasteiger partial charge is 0.449 e. The third-order valence-corrected chi connectivity index (χ3v) is 1.68. The molecule has 0 atom stereocenters. The molecule has 1 heterocycles. The Hall–Kier alpha value is -1.33. The van der Waals surface area contributed by atoms with E-state index in [0.29, 0.717) is 0 Å². The Kier molecular flexibility index (Phi) is 6.58. The molecule has 0 unspecified atom stereocenters. The molecule has 1 aromatic heterocycles. The van der Waals surface area contributed by atoms with Gasteiger partial charge < -0.3 is 14.9 Å². The van der Waals surface area contributed by atoms with E-state index in [2.05, 4.69) is 11.3 Å². The van der Waals surface area contributed by atoms with Crippen LogP contribution in [0, 0.1) is 0 Å². The van der Waals surface area contributed by atoms with E-state index < -0.39 is 6.16 Å². The van der Waals surface area contributed by atoms with Crippen molar-refractivity contribution in [2.24, 2.45) is 0 Å². The maximum atomic E-state index is 9.31. The van der Waals surface area contributed by atoms with Gasteiger partial charge in [0, 0.05) is 0 Å². The van der Waals surface area contributed by atoms with Gasteiger partial charge in [0.1, 0.15) is 0 Å². The largest absolute Gasteiger partial charge is 0.510 e. The van der Waals surface area contributed by atoms with Crippen LogP contribution in [0.15, 0.2) is 29.7 Å². The lowest BCUT2D eigenvalue weighted by molar-refractivity contribution is 0.128. The average Bonchev–Trinajstić information content (AvgIpc) is 2.56. The predicted molar refractivity (Wildman–Crippen MR) is 49.5 cm³/mol. The summed E-state index contributed by atoms with van der Waals surface area (Å²) in [6.45, 7) is 3.17. The summed E-state index contributed by atoms with van der Waals surface area (Å²) in [4.78, 5) is 9.31. The van der Waals surface area contributed by atoms with Crippen molar-refractivity contribution in [3.8, 4) is 0 Å². The quantitative estimate of drug-likeness (QED) is 0.569. The van der Waals surface area contributed by atoms with Gasteiger partial charge in [0.15, 0.2) is 0 Å². The lowest BCUT2D eigenvalue weighted by Gasteiger charge is -1.81. The number of carbonyl (C=O) groups is 1. The maximum Gasteiger partial charge on any atom is 0.510 e. The zero-order valence-electron chi connectivity index (χ0n) is 6.84. The van der Waals surface area contributed by atoms with E-state index in [1.165, 1.54) is 0 Å². The summed E-state index contributed by atoms with van der Waals surface area (Å²) in [6.07, 6.45) is -0.479. The van der Waals surface area contributed by atoms with Crippen LogP contribution >= 0.6 is 11.3 Å². The average molecular weight is 202 g/mol. The number of rotatable bonds is 2. The third kappa shape index (κ3) is 7.04. The Morgan fingerprint density at radius 3 is 2.62 bits per heavy atom. The minimum Gasteiger partial charge on any atom is -0.449 e. The SMILES string of the molecule is C=COC(=O)O.OCc1ccsc1. The fraction of sp³-hybridized carbons (Fsp3) is 0.125. The van der Waals surface area contributed by atoms with Gasteiger partial charge in [-0.2, -0.15) is 11.3 Å². The van der Waals surface area contributed by atoms with Gasteiger partial charge in [0.2, 0.25) is 0 Å². The molecule has 72 valence electrons. The van der Waals surface area contributed by atoms with E-state index >= 15 is 0 Å². The number of aliphatic hydroxyl groups excluding tert-OH is 1. The summed E-state index contributed by atoms with van der Waals surface area (Å²) in [5.41, 5.74) is 1.00. The Morgan fingerprint density at radius 2 is 2.46 bits per heavy atom. The highest BCUT2D eigenvalue weighted by atomic mass is 32.1. The molecule has 0 saturated carbocycles. The Morgan fingerprint density at radius 1 is 1.77 bits per heavy atom. The van der Waals surface area contributed by atoms with Gasteiger partial charge in [-0.15, -0.1) is 0 Å². The first-order valence-corrected chi connectivity index (χ1v) is 4.27. The summed E-state index contributed by atoms with van der Waals surface area (Å²) in [5, 5.41) is 19.9. The first kappa shape index (κ1) is 11.7. The van der Waals surface area contributed by atoms with Gasteiger partial charge in [-0.1, -0.05) is 6.58 Å². The molecule has 5 heteroatoms. The van der Waals surface area contributed by atoms with Gasteiger partial charge in [0.05, 0.1) is 12.9 Å². The van der Waals surface area contributed by atoms with E-state index in [1.54, 1.807) is 11.3 Å². The predicted octanol–water partition coefficient (Wildman–Crippen LogP) is 2.06. The van der Waals surface area contributed by atoms with Gasteiger partial charge in [-0.25, -0.2) is 4.79 Å². The molecular weight excluding hydrogens is 192 g/mol. The van der Waals surface area contributed by atoms with Gasteiger partial charge >= 0.3 is 6.16 Å². The Balaban J connectivity index is 0.000000226. The van der Waals surface area contributed by atoms with Crippen molar-refractivity contribution in [2.75, 3.05) is 0 Å². The van der Waals surface area contributed by atoms with Crippen LogP contribution in [0.1, 0.15) is 5.56 Å². The van der Waals surface area contributed by atoms with Crippen LogP contribution in [0.25, 0.3) is 0 Å².